The first-order valence-corrected chi connectivity index (χ1v) is 14.6. The molecule has 2 saturated carbocycles. The van der Waals surface area contributed by atoms with Crippen molar-refractivity contribution in [3.63, 3.8) is 0 Å². The molecule has 1 aromatic heterocycles. The second kappa shape index (κ2) is 12.2. The number of rotatable bonds is 6. The molecule has 2 aliphatic carbocycles. The van der Waals surface area contributed by atoms with E-state index in [1.807, 2.05) is 24.5 Å². The van der Waals surface area contributed by atoms with E-state index in [-0.39, 0.29) is 29.3 Å². The Bertz CT molecular complexity index is 1040. The average Bonchev–Trinajstić information content (AvgIpc) is 3.47. The van der Waals surface area contributed by atoms with Gasteiger partial charge in [-0.15, -0.1) is 0 Å². The highest BCUT2D eigenvalue weighted by Gasteiger charge is 2.40. The summed E-state index contributed by atoms with van der Waals surface area (Å²) in [5.74, 6) is 0.802. The zero-order chi connectivity index (χ0) is 25.8. The van der Waals surface area contributed by atoms with Crippen molar-refractivity contribution in [1.82, 2.24) is 20.2 Å². The van der Waals surface area contributed by atoms with Gasteiger partial charge in [0.15, 0.2) is 11.0 Å². The van der Waals surface area contributed by atoms with Gasteiger partial charge in [-0.05, 0) is 70.9 Å². The number of hydrogen-bond donors (Lipinski definition) is 2. The molecule has 1 saturated heterocycles. The maximum absolute atomic E-state index is 12.9. The van der Waals surface area contributed by atoms with Crippen LogP contribution in [0.3, 0.4) is 0 Å². The number of carbonyl (C=O) groups is 1. The molecule has 2 N–H and O–H groups in total. The molecule has 8 nitrogen and oxygen atoms in total. The first kappa shape index (κ1) is 26.5. The van der Waals surface area contributed by atoms with Gasteiger partial charge in [-0.1, -0.05) is 30.0 Å². The smallest absolute Gasteiger partial charge is 0.229 e. The largest absolute Gasteiger partial charge is 0.390 e. The zero-order valence-corrected chi connectivity index (χ0v) is 22.7. The van der Waals surface area contributed by atoms with Crippen LogP contribution < -0.4 is 5.32 Å². The van der Waals surface area contributed by atoms with Crippen molar-refractivity contribution < 1.29 is 14.6 Å². The minimum absolute atomic E-state index is 0.0854. The van der Waals surface area contributed by atoms with Crippen LogP contribution in [0.1, 0.15) is 70.2 Å². The summed E-state index contributed by atoms with van der Waals surface area (Å²) < 4.78 is 5.81. The Hall–Kier alpha value is -2.07. The minimum Gasteiger partial charge on any atom is -0.390 e. The van der Waals surface area contributed by atoms with E-state index in [0.717, 1.165) is 43.2 Å². The first-order valence-electron chi connectivity index (χ1n) is 13.7. The number of aliphatic hydroxyl groups excluding tert-OH is 1. The van der Waals surface area contributed by atoms with Crippen LogP contribution in [0.15, 0.2) is 35.6 Å². The highest BCUT2D eigenvalue weighted by Crippen LogP contribution is 2.36. The molecule has 0 aromatic carbocycles. The van der Waals surface area contributed by atoms with E-state index in [1.54, 1.807) is 11.8 Å². The Morgan fingerprint density at radius 2 is 2.00 bits per heavy atom. The number of amidine groups is 1. The highest BCUT2D eigenvalue weighted by molar-refractivity contribution is 8.14. The number of hydrogen-bond acceptors (Lipinski definition) is 8. The SMILES string of the molecule is C[C@@H]1/C=C(c2cnc(CO[C@H]3CCC[C@@H]3O)nc2)\C=C/CN=C(NC(=O)C2CC(N3CCC[C@H]3C)C2)S1. The normalized spacial score (nSPS) is 34.9. The standard InChI is InChI=1S/C28H39N5O3S/c1-18-6-5-11-33(18)23-13-21(14-23)27(35)32-28-29-10-4-7-20(12-19(2)37-28)22-15-30-26(31-16-22)17-36-25-9-3-8-24(25)34/h4,7,12,15-16,18-19,21,23-25,34H,3,5-6,8-11,13-14,17H2,1-2H3,(H,29,32,35)/b7-4-,20-12+/t18-,19-,21?,23?,24+,25+/m1/s1. The van der Waals surface area contributed by atoms with Crippen LogP contribution in [-0.4, -0.2) is 73.7 Å². The molecule has 2 aliphatic heterocycles. The summed E-state index contributed by atoms with van der Waals surface area (Å²) in [6.07, 6.45) is 16.5. The summed E-state index contributed by atoms with van der Waals surface area (Å²) in [6, 6.07) is 1.21. The van der Waals surface area contributed by atoms with Crippen LogP contribution in [0, 0.1) is 5.92 Å². The Labute approximate surface area is 224 Å². The van der Waals surface area contributed by atoms with E-state index in [1.165, 1.54) is 19.4 Å². The zero-order valence-electron chi connectivity index (χ0n) is 21.9. The summed E-state index contributed by atoms with van der Waals surface area (Å²) in [7, 11) is 0. The van der Waals surface area contributed by atoms with E-state index in [4.69, 9.17) is 4.74 Å². The van der Waals surface area contributed by atoms with Gasteiger partial charge >= 0.3 is 0 Å². The number of aliphatic imine (C=N–C) groups is 1. The predicted molar refractivity (Wildman–Crippen MR) is 147 cm³/mol. The third-order valence-electron chi connectivity index (χ3n) is 8.02. The van der Waals surface area contributed by atoms with Crippen LogP contribution in [0.2, 0.25) is 0 Å². The van der Waals surface area contributed by atoms with E-state index < -0.39 is 0 Å². The van der Waals surface area contributed by atoms with E-state index >= 15 is 0 Å². The highest BCUT2D eigenvalue weighted by atomic mass is 32.2. The molecule has 0 unspecified atom stereocenters. The number of amides is 1. The fourth-order valence-corrected chi connectivity index (χ4v) is 6.65. The lowest BCUT2D eigenvalue weighted by molar-refractivity contribution is -0.128. The summed E-state index contributed by atoms with van der Waals surface area (Å²) in [6.45, 7) is 6.39. The molecule has 0 bridgehead atoms. The lowest BCUT2D eigenvalue weighted by Gasteiger charge is -2.42. The van der Waals surface area contributed by atoms with Gasteiger partial charge < -0.3 is 15.2 Å². The number of ether oxygens (including phenoxy) is 1. The molecule has 1 aromatic rings. The van der Waals surface area contributed by atoms with Crippen LogP contribution >= 0.6 is 11.8 Å². The molecule has 1 amide bonds. The fraction of sp³-hybridized carbons (Fsp3) is 0.643. The third kappa shape index (κ3) is 6.69. The fourth-order valence-electron chi connectivity index (χ4n) is 5.77. The third-order valence-corrected chi connectivity index (χ3v) is 8.98. The summed E-state index contributed by atoms with van der Waals surface area (Å²) in [5.41, 5.74) is 1.96. The Balaban J connectivity index is 1.13. The molecule has 9 heteroatoms. The molecule has 4 atom stereocenters. The number of nitrogens with one attached hydrogen (secondary N) is 1. The van der Waals surface area contributed by atoms with Crippen LogP contribution in [0.4, 0.5) is 0 Å². The van der Waals surface area contributed by atoms with E-state index in [0.29, 0.717) is 36.2 Å². The minimum atomic E-state index is -0.381. The topological polar surface area (TPSA) is 99.9 Å². The van der Waals surface area contributed by atoms with Crippen molar-refractivity contribution in [3.8, 4) is 0 Å². The molecular weight excluding hydrogens is 486 g/mol. The second-order valence-corrected chi connectivity index (χ2v) is 12.1. The molecule has 3 heterocycles. The monoisotopic (exact) mass is 525 g/mol. The molecular formula is C28H39N5O3S. The van der Waals surface area contributed by atoms with E-state index in [2.05, 4.69) is 45.1 Å². The van der Waals surface area contributed by atoms with Gasteiger partial charge in [0.25, 0.3) is 0 Å². The van der Waals surface area contributed by atoms with Gasteiger partial charge in [-0.3, -0.25) is 14.7 Å². The van der Waals surface area contributed by atoms with Crippen molar-refractivity contribution in [2.24, 2.45) is 10.9 Å². The van der Waals surface area contributed by atoms with Gasteiger partial charge in [0.2, 0.25) is 5.91 Å². The summed E-state index contributed by atoms with van der Waals surface area (Å²) >= 11 is 1.57. The number of thioether (sulfide) groups is 1. The average molecular weight is 526 g/mol. The molecule has 4 aliphatic rings. The number of nitrogens with zero attached hydrogens (tertiary/aromatic N) is 4. The molecule has 0 spiro atoms. The number of allylic oxidation sites excluding steroid dienone is 2. The Kier molecular flexibility index (Phi) is 8.74. The number of carbonyl (C=O) groups excluding carboxylic acids is 1. The van der Waals surface area contributed by atoms with Crippen LogP contribution in [0.25, 0.3) is 5.57 Å². The summed E-state index contributed by atoms with van der Waals surface area (Å²) in [4.78, 5) is 29.1. The molecule has 200 valence electrons. The molecule has 5 rings (SSSR count). The predicted octanol–water partition coefficient (Wildman–Crippen LogP) is 3.72. The lowest BCUT2D eigenvalue weighted by Crippen LogP contribution is -2.51. The molecule has 0 radical (unpaired) electrons. The Morgan fingerprint density at radius 3 is 2.70 bits per heavy atom. The van der Waals surface area contributed by atoms with E-state index in [9.17, 15) is 9.90 Å². The van der Waals surface area contributed by atoms with Crippen LogP contribution in [-0.2, 0) is 16.1 Å². The molecule has 37 heavy (non-hydrogen) atoms. The first-order chi connectivity index (χ1) is 18.0. The number of likely N-dealkylation sites (tertiary alicyclic amines) is 1. The van der Waals surface area contributed by atoms with Crippen LogP contribution in [0.5, 0.6) is 0 Å². The van der Waals surface area contributed by atoms with Crippen molar-refractivity contribution >= 4 is 28.4 Å². The van der Waals surface area contributed by atoms with Gasteiger partial charge in [0.1, 0.15) is 6.61 Å². The van der Waals surface area contributed by atoms with Crippen molar-refractivity contribution in [2.75, 3.05) is 13.1 Å². The van der Waals surface area contributed by atoms with Crippen molar-refractivity contribution in [2.45, 2.75) is 94.9 Å². The van der Waals surface area contributed by atoms with Gasteiger partial charge in [0.05, 0.1) is 18.8 Å². The number of aliphatic hydroxyl groups is 1. The van der Waals surface area contributed by atoms with Crippen molar-refractivity contribution in [1.29, 1.82) is 0 Å². The van der Waals surface area contributed by atoms with Gasteiger partial charge in [-0.2, -0.15) is 0 Å². The Morgan fingerprint density at radius 1 is 1.19 bits per heavy atom. The maximum Gasteiger partial charge on any atom is 0.229 e. The second-order valence-electron chi connectivity index (χ2n) is 10.8. The van der Waals surface area contributed by atoms with Crippen molar-refractivity contribution in [3.05, 3.63) is 42.0 Å². The molecule has 3 fully saturated rings. The summed E-state index contributed by atoms with van der Waals surface area (Å²) in [5, 5.41) is 13.8. The number of aromatic nitrogens is 2. The quantitative estimate of drug-likeness (QED) is 0.584. The lowest BCUT2D eigenvalue weighted by atomic mass is 9.78. The van der Waals surface area contributed by atoms with Gasteiger partial charge in [-0.25, -0.2) is 9.97 Å². The maximum atomic E-state index is 12.9. The van der Waals surface area contributed by atoms with Gasteiger partial charge in [0, 0.05) is 41.2 Å².